The molecule has 2 N–H and O–H groups in total. The van der Waals surface area contributed by atoms with E-state index in [0.29, 0.717) is 24.6 Å². The van der Waals surface area contributed by atoms with Crippen molar-refractivity contribution in [3.05, 3.63) is 29.8 Å². The van der Waals surface area contributed by atoms with Crippen LogP contribution in [-0.2, 0) is 4.74 Å². The summed E-state index contributed by atoms with van der Waals surface area (Å²) >= 11 is 0. The van der Waals surface area contributed by atoms with Crippen molar-refractivity contribution in [1.29, 1.82) is 0 Å². The Hall–Kier alpha value is -1.97. The number of nitrogens with zero attached hydrogens (tertiary/aromatic N) is 1. The molecule has 0 unspecified atom stereocenters. The molecule has 1 aliphatic heterocycles. The first-order chi connectivity index (χ1) is 7.36. The largest absolute Gasteiger partial charge is 0.494 e. The van der Waals surface area contributed by atoms with Gasteiger partial charge in [-0.3, -0.25) is 0 Å². The van der Waals surface area contributed by atoms with Gasteiger partial charge in [0, 0.05) is 10.9 Å². The minimum Gasteiger partial charge on any atom is -0.494 e. The van der Waals surface area contributed by atoms with E-state index in [1.54, 1.807) is 0 Å². The minimum atomic E-state index is 0.122. The second-order valence-electron chi connectivity index (χ2n) is 3.43. The number of H-pyrrole nitrogens is 1. The fraction of sp³-hybridized carbons (Fsp3) is 0.182. The van der Waals surface area contributed by atoms with Crippen LogP contribution in [0.2, 0.25) is 0 Å². The quantitative estimate of drug-likeness (QED) is 0.738. The highest BCUT2D eigenvalue weighted by Gasteiger charge is 2.19. The van der Waals surface area contributed by atoms with Crippen LogP contribution in [0, 0.1) is 0 Å². The van der Waals surface area contributed by atoms with Crippen molar-refractivity contribution >= 4 is 16.8 Å². The highest BCUT2D eigenvalue weighted by molar-refractivity contribution is 6.09. The van der Waals surface area contributed by atoms with Crippen LogP contribution in [-0.4, -0.2) is 29.1 Å². The lowest BCUT2D eigenvalue weighted by Crippen LogP contribution is -2.00. The zero-order valence-corrected chi connectivity index (χ0v) is 8.03. The number of aromatic hydroxyl groups is 1. The molecule has 15 heavy (non-hydrogen) atoms. The van der Waals surface area contributed by atoms with Gasteiger partial charge in [-0.05, 0) is 6.07 Å². The molecule has 0 atom stereocenters. The molecule has 1 aliphatic rings. The summed E-state index contributed by atoms with van der Waals surface area (Å²) in [5.74, 6) is 0.654. The number of fused-ring (bicyclic) bond motifs is 1. The summed E-state index contributed by atoms with van der Waals surface area (Å²) in [7, 11) is 0. The van der Waals surface area contributed by atoms with Gasteiger partial charge < -0.3 is 14.8 Å². The van der Waals surface area contributed by atoms with E-state index in [1.165, 1.54) is 0 Å². The summed E-state index contributed by atoms with van der Waals surface area (Å²) in [6, 6.07) is 7.69. The SMILES string of the molecule is Oc1[nH]c2ccccc2c1C1=NCCO1. The fourth-order valence-electron chi connectivity index (χ4n) is 1.83. The van der Waals surface area contributed by atoms with Crippen LogP contribution in [0.5, 0.6) is 5.88 Å². The normalized spacial score (nSPS) is 15.3. The van der Waals surface area contributed by atoms with E-state index in [4.69, 9.17) is 4.74 Å². The summed E-state index contributed by atoms with van der Waals surface area (Å²) in [5.41, 5.74) is 1.56. The Morgan fingerprint density at radius 2 is 2.20 bits per heavy atom. The number of para-hydroxylation sites is 1. The van der Waals surface area contributed by atoms with Crippen LogP contribution >= 0.6 is 0 Å². The van der Waals surface area contributed by atoms with Crippen LogP contribution in [0.4, 0.5) is 0 Å². The molecule has 4 heteroatoms. The number of aromatic nitrogens is 1. The van der Waals surface area contributed by atoms with Gasteiger partial charge in [-0.15, -0.1) is 0 Å². The van der Waals surface area contributed by atoms with Crippen molar-refractivity contribution in [3.63, 3.8) is 0 Å². The molecule has 0 radical (unpaired) electrons. The van der Waals surface area contributed by atoms with Gasteiger partial charge in [0.25, 0.3) is 0 Å². The molecule has 0 bridgehead atoms. The number of aromatic amines is 1. The highest BCUT2D eigenvalue weighted by atomic mass is 16.5. The average molecular weight is 202 g/mol. The monoisotopic (exact) mass is 202 g/mol. The third-order valence-electron chi connectivity index (χ3n) is 2.49. The Morgan fingerprint density at radius 1 is 1.33 bits per heavy atom. The molecule has 0 aliphatic carbocycles. The van der Waals surface area contributed by atoms with Crippen LogP contribution in [0.25, 0.3) is 10.9 Å². The lowest BCUT2D eigenvalue weighted by atomic mass is 10.2. The lowest BCUT2D eigenvalue weighted by molar-refractivity contribution is 0.346. The van der Waals surface area contributed by atoms with E-state index in [-0.39, 0.29) is 5.88 Å². The second-order valence-corrected chi connectivity index (χ2v) is 3.43. The topological polar surface area (TPSA) is 57.6 Å². The fourth-order valence-corrected chi connectivity index (χ4v) is 1.83. The Balaban J connectivity index is 2.28. The van der Waals surface area contributed by atoms with Gasteiger partial charge in [-0.2, -0.15) is 0 Å². The van der Waals surface area contributed by atoms with Gasteiger partial charge in [0.15, 0.2) is 0 Å². The van der Waals surface area contributed by atoms with E-state index in [1.807, 2.05) is 24.3 Å². The maximum Gasteiger partial charge on any atom is 0.222 e. The number of benzene rings is 1. The number of nitrogens with one attached hydrogen (secondary N) is 1. The zero-order valence-electron chi connectivity index (χ0n) is 8.03. The summed E-state index contributed by atoms with van der Waals surface area (Å²) in [4.78, 5) is 7.10. The van der Waals surface area contributed by atoms with Crippen LogP contribution in [0.1, 0.15) is 5.56 Å². The first-order valence-corrected chi connectivity index (χ1v) is 4.83. The molecule has 1 aromatic heterocycles. The van der Waals surface area contributed by atoms with Gasteiger partial charge in [0.1, 0.15) is 12.2 Å². The zero-order chi connectivity index (χ0) is 10.3. The molecule has 4 nitrogen and oxygen atoms in total. The number of aliphatic imine (C=N–C) groups is 1. The summed E-state index contributed by atoms with van der Waals surface area (Å²) in [6.07, 6.45) is 0. The molecular formula is C11H10N2O2. The van der Waals surface area contributed by atoms with Crippen molar-refractivity contribution in [3.8, 4) is 5.88 Å². The predicted octanol–water partition coefficient (Wildman–Crippen LogP) is 1.65. The molecule has 76 valence electrons. The summed E-state index contributed by atoms with van der Waals surface area (Å²) in [5, 5.41) is 10.7. The van der Waals surface area contributed by atoms with Crippen LogP contribution in [0.15, 0.2) is 29.3 Å². The molecule has 0 fully saturated rings. The second kappa shape index (κ2) is 3.02. The third-order valence-corrected chi connectivity index (χ3v) is 2.49. The molecule has 2 heterocycles. The average Bonchev–Trinajstić information content (AvgIpc) is 2.82. The van der Waals surface area contributed by atoms with Gasteiger partial charge in [0.05, 0.1) is 6.54 Å². The van der Waals surface area contributed by atoms with Crippen LogP contribution < -0.4 is 0 Å². The molecule has 2 aromatic rings. The van der Waals surface area contributed by atoms with Gasteiger partial charge >= 0.3 is 0 Å². The van der Waals surface area contributed by atoms with E-state index >= 15 is 0 Å². The Labute approximate surface area is 86.2 Å². The van der Waals surface area contributed by atoms with E-state index < -0.39 is 0 Å². The molecule has 0 amide bonds. The van der Waals surface area contributed by atoms with Gasteiger partial charge in [-0.25, -0.2) is 4.99 Å². The maximum absolute atomic E-state index is 9.78. The molecular weight excluding hydrogens is 192 g/mol. The van der Waals surface area contributed by atoms with Crippen molar-refractivity contribution in [1.82, 2.24) is 4.98 Å². The standard InChI is InChI=1S/C11H10N2O2/c14-10-9(11-12-5-6-15-11)7-3-1-2-4-8(7)13-10/h1-4,13-14H,5-6H2. The predicted molar refractivity (Wildman–Crippen MR) is 57.3 cm³/mol. The molecule has 3 rings (SSSR count). The Kier molecular flexibility index (Phi) is 1.68. The lowest BCUT2D eigenvalue weighted by Gasteiger charge is -1.99. The van der Waals surface area contributed by atoms with E-state index in [0.717, 1.165) is 10.9 Å². The third kappa shape index (κ3) is 1.18. The summed E-state index contributed by atoms with van der Waals surface area (Å²) in [6.45, 7) is 1.25. The van der Waals surface area contributed by atoms with Crippen molar-refractivity contribution < 1.29 is 9.84 Å². The summed E-state index contributed by atoms with van der Waals surface area (Å²) < 4.78 is 5.36. The number of hydrogen-bond donors (Lipinski definition) is 2. The first kappa shape index (κ1) is 8.35. The minimum absolute atomic E-state index is 0.122. The Morgan fingerprint density at radius 3 is 3.00 bits per heavy atom. The van der Waals surface area contributed by atoms with Crippen molar-refractivity contribution in [2.45, 2.75) is 0 Å². The van der Waals surface area contributed by atoms with Crippen molar-refractivity contribution in [2.24, 2.45) is 4.99 Å². The molecule has 0 saturated heterocycles. The maximum atomic E-state index is 9.78. The molecule has 0 spiro atoms. The van der Waals surface area contributed by atoms with E-state index in [9.17, 15) is 5.11 Å². The van der Waals surface area contributed by atoms with Gasteiger partial charge in [0.2, 0.25) is 11.8 Å². The number of ether oxygens (including phenoxy) is 1. The molecule has 1 aromatic carbocycles. The Bertz CT molecular complexity index is 543. The number of rotatable bonds is 1. The van der Waals surface area contributed by atoms with E-state index in [2.05, 4.69) is 9.98 Å². The first-order valence-electron chi connectivity index (χ1n) is 4.83. The highest BCUT2D eigenvalue weighted by Crippen LogP contribution is 2.28. The van der Waals surface area contributed by atoms with Crippen molar-refractivity contribution in [2.75, 3.05) is 13.2 Å². The molecule has 0 saturated carbocycles. The van der Waals surface area contributed by atoms with Crippen LogP contribution in [0.3, 0.4) is 0 Å². The smallest absolute Gasteiger partial charge is 0.222 e. The van der Waals surface area contributed by atoms with Gasteiger partial charge in [-0.1, -0.05) is 18.2 Å². The number of hydrogen-bond acceptors (Lipinski definition) is 3.